The van der Waals surface area contributed by atoms with Gasteiger partial charge in [-0.25, -0.2) is 13.1 Å². The third kappa shape index (κ3) is 5.30. The van der Waals surface area contributed by atoms with E-state index in [0.29, 0.717) is 25.1 Å². The van der Waals surface area contributed by atoms with Gasteiger partial charge in [-0.15, -0.1) is 0 Å². The number of nitrogens with one attached hydrogen (secondary N) is 2. The summed E-state index contributed by atoms with van der Waals surface area (Å²) in [6.07, 6.45) is 0.672. The van der Waals surface area contributed by atoms with E-state index in [-0.39, 0.29) is 10.8 Å². The largest absolute Gasteiger partial charge is 0.497 e. The molecular formula is C18H22N2O4S. The van der Waals surface area contributed by atoms with E-state index in [0.717, 1.165) is 11.3 Å². The Kier molecular flexibility index (Phi) is 6.55. The molecule has 0 aliphatic carbocycles. The van der Waals surface area contributed by atoms with Gasteiger partial charge in [-0.3, -0.25) is 4.79 Å². The van der Waals surface area contributed by atoms with E-state index in [1.165, 1.54) is 12.1 Å². The van der Waals surface area contributed by atoms with E-state index in [2.05, 4.69) is 10.0 Å². The molecule has 0 aliphatic heterocycles. The molecule has 0 saturated carbocycles. The van der Waals surface area contributed by atoms with Crippen LogP contribution in [0.25, 0.3) is 0 Å². The summed E-state index contributed by atoms with van der Waals surface area (Å²) in [4.78, 5) is 12.3. The number of rotatable bonds is 8. The van der Waals surface area contributed by atoms with E-state index >= 15 is 0 Å². The number of methoxy groups -OCH3 is 1. The lowest BCUT2D eigenvalue weighted by atomic mass is 10.1. The van der Waals surface area contributed by atoms with Crippen LogP contribution in [0.15, 0.2) is 53.4 Å². The van der Waals surface area contributed by atoms with Gasteiger partial charge in [0.25, 0.3) is 5.91 Å². The maximum atomic E-state index is 12.2. The molecule has 2 N–H and O–H groups in total. The molecule has 25 heavy (non-hydrogen) atoms. The fourth-order valence-corrected chi connectivity index (χ4v) is 3.38. The lowest BCUT2D eigenvalue weighted by Gasteiger charge is -2.08. The molecule has 0 aliphatic rings. The van der Waals surface area contributed by atoms with Gasteiger partial charge in [-0.1, -0.05) is 25.1 Å². The first-order valence-corrected chi connectivity index (χ1v) is 9.45. The number of carbonyl (C=O) groups is 1. The minimum atomic E-state index is -3.58. The Morgan fingerprint density at radius 3 is 2.48 bits per heavy atom. The van der Waals surface area contributed by atoms with Gasteiger partial charge in [0, 0.05) is 18.7 Å². The summed E-state index contributed by atoms with van der Waals surface area (Å²) in [6.45, 7) is 2.45. The van der Waals surface area contributed by atoms with Crippen molar-refractivity contribution in [1.29, 1.82) is 0 Å². The van der Waals surface area contributed by atoms with Crippen molar-refractivity contribution in [2.75, 3.05) is 20.2 Å². The molecule has 0 unspecified atom stereocenters. The number of carbonyl (C=O) groups excluding carboxylic acids is 1. The van der Waals surface area contributed by atoms with Crippen molar-refractivity contribution in [2.45, 2.75) is 18.2 Å². The maximum Gasteiger partial charge on any atom is 0.251 e. The quantitative estimate of drug-likeness (QED) is 0.752. The van der Waals surface area contributed by atoms with Gasteiger partial charge in [0.15, 0.2) is 0 Å². The Balaban J connectivity index is 1.96. The Morgan fingerprint density at radius 2 is 1.84 bits per heavy atom. The average molecular weight is 362 g/mol. The van der Waals surface area contributed by atoms with Crippen LogP contribution < -0.4 is 14.8 Å². The Labute approximate surface area is 148 Å². The molecule has 2 rings (SSSR count). The summed E-state index contributed by atoms with van der Waals surface area (Å²) in [6, 6.07) is 13.6. The van der Waals surface area contributed by atoms with Gasteiger partial charge in [-0.2, -0.15) is 0 Å². The Hall–Kier alpha value is -2.38. The number of ether oxygens (including phenoxy) is 1. The highest BCUT2D eigenvalue weighted by atomic mass is 32.2. The smallest absolute Gasteiger partial charge is 0.251 e. The number of sulfonamides is 1. The fourth-order valence-electron chi connectivity index (χ4n) is 2.29. The van der Waals surface area contributed by atoms with Gasteiger partial charge in [0.1, 0.15) is 5.75 Å². The molecule has 2 aromatic carbocycles. The summed E-state index contributed by atoms with van der Waals surface area (Å²) >= 11 is 0. The molecule has 0 fully saturated rings. The molecule has 134 valence electrons. The molecule has 0 radical (unpaired) electrons. The lowest BCUT2D eigenvalue weighted by Crippen LogP contribution is -2.27. The van der Waals surface area contributed by atoms with Crippen molar-refractivity contribution in [3.63, 3.8) is 0 Å². The lowest BCUT2D eigenvalue weighted by molar-refractivity contribution is 0.0954. The van der Waals surface area contributed by atoms with Crippen LogP contribution in [0.1, 0.15) is 22.8 Å². The van der Waals surface area contributed by atoms with Gasteiger partial charge < -0.3 is 10.1 Å². The topological polar surface area (TPSA) is 84.5 Å². The van der Waals surface area contributed by atoms with E-state index in [1.54, 1.807) is 26.2 Å². The van der Waals surface area contributed by atoms with E-state index in [4.69, 9.17) is 4.74 Å². The third-order valence-electron chi connectivity index (χ3n) is 3.60. The molecule has 1 amide bonds. The van der Waals surface area contributed by atoms with E-state index in [1.807, 2.05) is 24.3 Å². The highest BCUT2D eigenvalue weighted by Crippen LogP contribution is 2.13. The molecule has 6 nitrogen and oxygen atoms in total. The first-order chi connectivity index (χ1) is 12.0. The molecule has 2 aromatic rings. The normalized spacial score (nSPS) is 11.1. The highest BCUT2D eigenvalue weighted by molar-refractivity contribution is 7.89. The summed E-state index contributed by atoms with van der Waals surface area (Å²) in [5.41, 5.74) is 1.39. The SMILES string of the molecule is CCNS(=O)(=O)c1cccc(C(=O)NCCc2ccc(OC)cc2)c1. The summed E-state index contributed by atoms with van der Waals surface area (Å²) < 4.78 is 31.5. The monoisotopic (exact) mass is 362 g/mol. The van der Waals surface area contributed by atoms with Crippen molar-refractivity contribution >= 4 is 15.9 Å². The van der Waals surface area contributed by atoms with Crippen molar-refractivity contribution < 1.29 is 17.9 Å². The first kappa shape index (κ1) is 19.0. The van der Waals surface area contributed by atoms with Crippen LogP contribution in [0, 0.1) is 0 Å². The molecular weight excluding hydrogens is 340 g/mol. The van der Waals surface area contributed by atoms with Gasteiger partial charge in [0.05, 0.1) is 12.0 Å². The predicted octanol–water partition coefficient (Wildman–Crippen LogP) is 1.97. The van der Waals surface area contributed by atoms with Crippen LogP contribution in [0.4, 0.5) is 0 Å². The van der Waals surface area contributed by atoms with Gasteiger partial charge >= 0.3 is 0 Å². The van der Waals surface area contributed by atoms with Crippen LogP contribution >= 0.6 is 0 Å². The van der Waals surface area contributed by atoms with Gasteiger partial charge in [0.2, 0.25) is 10.0 Å². The zero-order valence-electron chi connectivity index (χ0n) is 14.3. The van der Waals surface area contributed by atoms with Crippen molar-refractivity contribution in [2.24, 2.45) is 0 Å². The second-order valence-corrected chi connectivity index (χ2v) is 7.15. The predicted molar refractivity (Wildman–Crippen MR) is 96.3 cm³/mol. The first-order valence-electron chi connectivity index (χ1n) is 7.97. The molecule has 0 aromatic heterocycles. The van der Waals surface area contributed by atoms with Crippen molar-refractivity contribution in [1.82, 2.24) is 10.0 Å². The van der Waals surface area contributed by atoms with Crippen LogP contribution in [0.2, 0.25) is 0 Å². The molecule has 0 bridgehead atoms. The molecule has 0 saturated heterocycles. The standard InChI is InChI=1S/C18H22N2O4S/c1-3-20-25(22,23)17-6-4-5-15(13-17)18(21)19-12-11-14-7-9-16(24-2)10-8-14/h4-10,13,20H,3,11-12H2,1-2H3,(H,19,21). The number of hydrogen-bond donors (Lipinski definition) is 2. The Morgan fingerprint density at radius 1 is 1.12 bits per heavy atom. The van der Waals surface area contributed by atoms with Gasteiger partial charge in [-0.05, 0) is 42.3 Å². The molecule has 0 spiro atoms. The average Bonchev–Trinajstić information content (AvgIpc) is 2.62. The van der Waals surface area contributed by atoms with Crippen LogP contribution in [0.5, 0.6) is 5.75 Å². The molecule has 0 heterocycles. The van der Waals surface area contributed by atoms with Crippen molar-refractivity contribution in [3.05, 3.63) is 59.7 Å². The summed E-state index contributed by atoms with van der Waals surface area (Å²) in [5.74, 6) is 0.480. The summed E-state index contributed by atoms with van der Waals surface area (Å²) in [7, 11) is -1.97. The Bertz CT molecular complexity index is 817. The number of benzene rings is 2. The van der Waals surface area contributed by atoms with Crippen molar-refractivity contribution in [3.8, 4) is 5.75 Å². The maximum absolute atomic E-state index is 12.2. The highest BCUT2D eigenvalue weighted by Gasteiger charge is 2.15. The number of hydrogen-bond acceptors (Lipinski definition) is 4. The van der Waals surface area contributed by atoms with E-state index < -0.39 is 10.0 Å². The van der Waals surface area contributed by atoms with Crippen LogP contribution in [0.3, 0.4) is 0 Å². The van der Waals surface area contributed by atoms with E-state index in [9.17, 15) is 13.2 Å². The molecule has 7 heteroatoms. The minimum Gasteiger partial charge on any atom is -0.497 e. The summed E-state index contributed by atoms with van der Waals surface area (Å²) in [5, 5.41) is 2.80. The number of amides is 1. The second kappa shape index (κ2) is 8.64. The third-order valence-corrected chi connectivity index (χ3v) is 5.14. The molecule has 0 atom stereocenters. The van der Waals surface area contributed by atoms with Crippen LogP contribution in [-0.2, 0) is 16.4 Å². The zero-order valence-corrected chi connectivity index (χ0v) is 15.1. The van der Waals surface area contributed by atoms with Crippen LogP contribution in [-0.4, -0.2) is 34.5 Å². The minimum absolute atomic E-state index is 0.0807. The zero-order chi connectivity index (χ0) is 18.3. The fraction of sp³-hybridized carbons (Fsp3) is 0.278. The second-order valence-electron chi connectivity index (χ2n) is 5.38.